The number of carbonyl (C=O) groups is 2. The van der Waals surface area contributed by atoms with Crippen molar-refractivity contribution in [2.24, 2.45) is 5.92 Å². The average molecular weight is 292 g/mol. The SMILES string of the molecule is O=C(O)C(NC(=O)N(CCO)Cc1ccccc1)C1CC1. The number of urea groups is 1. The van der Waals surface area contributed by atoms with Gasteiger partial charge in [0.15, 0.2) is 0 Å². The molecule has 0 bridgehead atoms. The number of amides is 2. The molecule has 0 aromatic heterocycles. The monoisotopic (exact) mass is 292 g/mol. The molecule has 114 valence electrons. The molecule has 6 nitrogen and oxygen atoms in total. The third-order valence-electron chi connectivity index (χ3n) is 3.51. The number of carbonyl (C=O) groups excluding carboxylic acids is 1. The first-order chi connectivity index (χ1) is 10.1. The maximum absolute atomic E-state index is 12.2. The van der Waals surface area contributed by atoms with Gasteiger partial charge in [0.2, 0.25) is 0 Å². The molecule has 3 N–H and O–H groups in total. The Labute approximate surface area is 123 Å². The summed E-state index contributed by atoms with van der Waals surface area (Å²) in [5.41, 5.74) is 0.930. The third-order valence-corrected chi connectivity index (χ3v) is 3.51. The molecule has 1 aromatic rings. The van der Waals surface area contributed by atoms with Crippen molar-refractivity contribution in [3.63, 3.8) is 0 Å². The van der Waals surface area contributed by atoms with Crippen LogP contribution in [0.15, 0.2) is 30.3 Å². The molecule has 1 fully saturated rings. The van der Waals surface area contributed by atoms with Gasteiger partial charge in [-0.25, -0.2) is 9.59 Å². The van der Waals surface area contributed by atoms with Crippen LogP contribution in [0.4, 0.5) is 4.79 Å². The van der Waals surface area contributed by atoms with Crippen molar-refractivity contribution >= 4 is 12.0 Å². The van der Waals surface area contributed by atoms with E-state index in [1.165, 1.54) is 4.90 Å². The Kier molecular flexibility index (Phi) is 5.16. The molecular weight excluding hydrogens is 272 g/mol. The number of hydrogen-bond donors (Lipinski definition) is 3. The van der Waals surface area contributed by atoms with E-state index in [1.807, 2.05) is 30.3 Å². The molecule has 6 heteroatoms. The summed E-state index contributed by atoms with van der Waals surface area (Å²) in [4.78, 5) is 24.8. The van der Waals surface area contributed by atoms with Crippen molar-refractivity contribution in [2.45, 2.75) is 25.4 Å². The van der Waals surface area contributed by atoms with Crippen molar-refractivity contribution < 1.29 is 19.8 Å². The van der Waals surface area contributed by atoms with Gasteiger partial charge in [0.05, 0.1) is 6.61 Å². The van der Waals surface area contributed by atoms with Crippen LogP contribution in [0, 0.1) is 5.92 Å². The van der Waals surface area contributed by atoms with Crippen LogP contribution in [-0.4, -0.2) is 46.3 Å². The first-order valence-corrected chi connectivity index (χ1v) is 7.05. The Morgan fingerprint density at radius 1 is 1.29 bits per heavy atom. The molecule has 0 heterocycles. The highest BCUT2D eigenvalue weighted by Gasteiger charge is 2.37. The lowest BCUT2D eigenvalue weighted by molar-refractivity contribution is -0.139. The number of benzene rings is 1. The summed E-state index contributed by atoms with van der Waals surface area (Å²) in [6.45, 7) is 0.337. The molecule has 1 aliphatic rings. The van der Waals surface area contributed by atoms with Gasteiger partial charge in [0.25, 0.3) is 0 Å². The van der Waals surface area contributed by atoms with E-state index < -0.39 is 18.0 Å². The number of nitrogens with zero attached hydrogens (tertiary/aromatic N) is 1. The molecule has 1 atom stereocenters. The van der Waals surface area contributed by atoms with Crippen LogP contribution < -0.4 is 5.32 Å². The minimum absolute atomic E-state index is 0.0270. The van der Waals surface area contributed by atoms with E-state index in [2.05, 4.69) is 5.32 Å². The number of nitrogens with one attached hydrogen (secondary N) is 1. The van der Waals surface area contributed by atoms with Crippen LogP contribution >= 0.6 is 0 Å². The van der Waals surface area contributed by atoms with Gasteiger partial charge in [0.1, 0.15) is 6.04 Å². The maximum atomic E-state index is 12.2. The van der Waals surface area contributed by atoms with Crippen LogP contribution in [0.2, 0.25) is 0 Å². The van der Waals surface area contributed by atoms with Crippen molar-refractivity contribution in [2.75, 3.05) is 13.2 Å². The van der Waals surface area contributed by atoms with Crippen molar-refractivity contribution in [1.82, 2.24) is 10.2 Å². The standard InChI is InChI=1S/C15H20N2O4/c18-9-8-17(10-11-4-2-1-3-5-11)15(21)16-13(14(19)20)12-6-7-12/h1-5,12-13,18H,6-10H2,(H,16,21)(H,19,20). The molecule has 0 radical (unpaired) electrons. The molecule has 1 saturated carbocycles. The largest absolute Gasteiger partial charge is 0.480 e. The van der Waals surface area contributed by atoms with Gasteiger partial charge < -0.3 is 20.4 Å². The number of carboxylic acids is 1. The number of aliphatic hydroxyl groups excluding tert-OH is 1. The van der Waals surface area contributed by atoms with Crippen molar-refractivity contribution in [3.8, 4) is 0 Å². The predicted octanol–water partition coefficient (Wildman–Crippen LogP) is 1.05. The summed E-state index contributed by atoms with van der Waals surface area (Å²) in [6, 6.07) is 8.10. The summed E-state index contributed by atoms with van der Waals surface area (Å²) in [7, 11) is 0. The van der Waals surface area contributed by atoms with Gasteiger partial charge in [0, 0.05) is 13.1 Å². The predicted molar refractivity (Wildman–Crippen MR) is 76.6 cm³/mol. The van der Waals surface area contributed by atoms with E-state index in [9.17, 15) is 9.59 Å². The van der Waals surface area contributed by atoms with Crippen molar-refractivity contribution in [1.29, 1.82) is 0 Å². The van der Waals surface area contributed by atoms with E-state index in [0.717, 1.165) is 18.4 Å². The first-order valence-electron chi connectivity index (χ1n) is 7.05. The lowest BCUT2D eigenvalue weighted by Crippen LogP contribution is -2.49. The van der Waals surface area contributed by atoms with Crippen LogP contribution in [-0.2, 0) is 11.3 Å². The van der Waals surface area contributed by atoms with Gasteiger partial charge in [-0.05, 0) is 24.3 Å². The second kappa shape index (κ2) is 7.08. The molecular formula is C15H20N2O4. The van der Waals surface area contributed by atoms with Gasteiger partial charge in [-0.2, -0.15) is 0 Å². The topological polar surface area (TPSA) is 89.9 Å². The molecule has 2 amide bonds. The Balaban J connectivity index is 1.99. The van der Waals surface area contributed by atoms with E-state index in [0.29, 0.717) is 6.54 Å². The number of rotatable bonds is 7. The maximum Gasteiger partial charge on any atom is 0.326 e. The number of aliphatic hydroxyl groups is 1. The second-order valence-corrected chi connectivity index (χ2v) is 5.23. The number of carboxylic acid groups (broad SMARTS) is 1. The van der Waals surface area contributed by atoms with E-state index in [-0.39, 0.29) is 19.1 Å². The lowest BCUT2D eigenvalue weighted by atomic mass is 10.2. The van der Waals surface area contributed by atoms with Gasteiger partial charge in [-0.3, -0.25) is 0 Å². The van der Waals surface area contributed by atoms with Gasteiger partial charge in [-0.1, -0.05) is 30.3 Å². The summed E-state index contributed by atoms with van der Waals surface area (Å²) in [6.07, 6.45) is 1.66. The molecule has 0 saturated heterocycles. The zero-order chi connectivity index (χ0) is 15.2. The zero-order valence-corrected chi connectivity index (χ0v) is 11.7. The van der Waals surface area contributed by atoms with Crippen LogP contribution in [0.5, 0.6) is 0 Å². The van der Waals surface area contributed by atoms with E-state index in [4.69, 9.17) is 10.2 Å². The fourth-order valence-electron chi connectivity index (χ4n) is 2.21. The Morgan fingerprint density at radius 2 is 1.95 bits per heavy atom. The summed E-state index contributed by atoms with van der Waals surface area (Å²) < 4.78 is 0. The molecule has 1 aromatic carbocycles. The van der Waals surface area contributed by atoms with Gasteiger partial charge >= 0.3 is 12.0 Å². The minimum atomic E-state index is -1.01. The number of aliphatic carboxylic acids is 1. The number of hydrogen-bond acceptors (Lipinski definition) is 3. The minimum Gasteiger partial charge on any atom is -0.480 e. The smallest absolute Gasteiger partial charge is 0.326 e. The van der Waals surface area contributed by atoms with Crippen molar-refractivity contribution in [3.05, 3.63) is 35.9 Å². The van der Waals surface area contributed by atoms with E-state index in [1.54, 1.807) is 0 Å². The van der Waals surface area contributed by atoms with E-state index >= 15 is 0 Å². The molecule has 1 aliphatic carbocycles. The fraction of sp³-hybridized carbons (Fsp3) is 0.467. The molecule has 1 unspecified atom stereocenters. The second-order valence-electron chi connectivity index (χ2n) is 5.23. The van der Waals surface area contributed by atoms with Crippen LogP contribution in [0.3, 0.4) is 0 Å². The summed E-state index contributed by atoms with van der Waals surface area (Å²) >= 11 is 0. The molecule has 0 aliphatic heterocycles. The average Bonchev–Trinajstić information content (AvgIpc) is 3.29. The molecule has 2 rings (SSSR count). The molecule has 0 spiro atoms. The lowest BCUT2D eigenvalue weighted by Gasteiger charge is -2.24. The third kappa shape index (κ3) is 4.46. The fourth-order valence-corrected chi connectivity index (χ4v) is 2.21. The quantitative estimate of drug-likeness (QED) is 0.701. The highest BCUT2D eigenvalue weighted by atomic mass is 16.4. The summed E-state index contributed by atoms with van der Waals surface area (Å²) in [5, 5.41) is 20.8. The Morgan fingerprint density at radius 3 is 2.48 bits per heavy atom. The zero-order valence-electron chi connectivity index (χ0n) is 11.7. The summed E-state index contributed by atoms with van der Waals surface area (Å²) in [5.74, 6) is -0.978. The molecule has 21 heavy (non-hydrogen) atoms. The van der Waals surface area contributed by atoms with Gasteiger partial charge in [-0.15, -0.1) is 0 Å². The highest BCUT2D eigenvalue weighted by Crippen LogP contribution is 2.32. The normalized spacial score (nSPS) is 15.3. The Hall–Kier alpha value is -2.08. The highest BCUT2D eigenvalue weighted by molar-refractivity contribution is 5.83. The Bertz CT molecular complexity index is 488. The first kappa shape index (κ1) is 15.3. The van der Waals surface area contributed by atoms with Crippen LogP contribution in [0.1, 0.15) is 18.4 Å². The van der Waals surface area contributed by atoms with Crippen LogP contribution in [0.25, 0.3) is 0 Å².